The summed E-state index contributed by atoms with van der Waals surface area (Å²) >= 11 is 0. The van der Waals surface area contributed by atoms with E-state index in [4.69, 9.17) is 4.74 Å². The fraction of sp³-hybridized carbons (Fsp3) is 0.588. The van der Waals surface area contributed by atoms with Crippen LogP contribution >= 0.6 is 0 Å². The van der Waals surface area contributed by atoms with Gasteiger partial charge in [0.25, 0.3) is 0 Å². The number of aliphatic hydroxyl groups excluding tert-OH is 1. The molecule has 5 nitrogen and oxygen atoms in total. The molecule has 1 heterocycles. The van der Waals surface area contributed by atoms with Crippen molar-refractivity contribution < 1.29 is 19.0 Å². The van der Waals surface area contributed by atoms with Crippen LogP contribution in [0.25, 0.3) is 0 Å². The summed E-state index contributed by atoms with van der Waals surface area (Å²) in [7, 11) is 0. The summed E-state index contributed by atoms with van der Waals surface area (Å²) in [4.78, 5) is 15.6. The van der Waals surface area contributed by atoms with Crippen LogP contribution < -0.4 is 4.90 Å². The van der Waals surface area contributed by atoms with Crippen LogP contribution in [0.1, 0.15) is 39.4 Å². The first-order valence-electron chi connectivity index (χ1n) is 7.88. The topological polar surface area (TPSA) is 53.0 Å². The molecular formula is C17H25FN2O3. The number of anilines is 1. The molecule has 0 unspecified atom stereocenters. The zero-order valence-corrected chi connectivity index (χ0v) is 14.2. The van der Waals surface area contributed by atoms with Crippen LogP contribution in [0.5, 0.6) is 0 Å². The number of carbonyl (C=O) groups excluding carboxylic acids is 1. The Morgan fingerprint density at radius 2 is 1.87 bits per heavy atom. The van der Waals surface area contributed by atoms with Gasteiger partial charge in [-0.3, -0.25) is 0 Å². The number of carbonyl (C=O) groups is 1. The minimum atomic E-state index is -0.692. The molecule has 23 heavy (non-hydrogen) atoms. The number of benzene rings is 1. The normalized spacial score (nSPS) is 17.1. The molecular weight excluding hydrogens is 299 g/mol. The van der Waals surface area contributed by atoms with E-state index in [2.05, 4.69) is 0 Å². The predicted molar refractivity (Wildman–Crippen MR) is 87.1 cm³/mol. The van der Waals surface area contributed by atoms with Crippen molar-refractivity contribution in [2.75, 3.05) is 31.1 Å². The molecule has 1 fully saturated rings. The van der Waals surface area contributed by atoms with E-state index in [-0.39, 0.29) is 11.9 Å². The first-order chi connectivity index (χ1) is 10.7. The fourth-order valence-corrected chi connectivity index (χ4v) is 2.50. The van der Waals surface area contributed by atoms with Gasteiger partial charge in [-0.1, -0.05) is 6.07 Å². The highest BCUT2D eigenvalue weighted by atomic mass is 19.1. The van der Waals surface area contributed by atoms with Gasteiger partial charge in [0.1, 0.15) is 11.4 Å². The van der Waals surface area contributed by atoms with Crippen molar-refractivity contribution in [1.29, 1.82) is 0 Å². The standard InChI is InChI=1S/C17H25FN2O3/c1-12(21)13-5-6-15(14(18)11-13)19-7-9-20(10-8-19)16(22)23-17(2,3)4/h5-6,11-12,21H,7-10H2,1-4H3/t12-/m0/s1. The highest BCUT2D eigenvalue weighted by molar-refractivity contribution is 5.68. The maximum Gasteiger partial charge on any atom is 0.410 e. The number of aliphatic hydroxyl groups is 1. The van der Waals surface area contributed by atoms with Crippen molar-refractivity contribution in [3.63, 3.8) is 0 Å². The molecule has 0 radical (unpaired) electrons. The van der Waals surface area contributed by atoms with Crippen LogP contribution in [0.2, 0.25) is 0 Å². The molecule has 1 aromatic carbocycles. The summed E-state index contributed by atoms with van der Waals surface area (Å²) in [5.41, 5.74) is 0.536. The highest BCUT2D eigenvalue weighted by Crippen LogP contribution is 2.24. The Bertz CT molecular complexity index is 561. The van der Waals surface area contributed by atoms with E-state index in [0.717, 1.165) is 0 Å². The number of amides is 1. The van der Waals surface area contributed by atoms with Gasteiger partial charge in [-0.25, -0.2) is 9.18 Å². The molecule has 128 valence electrons. The smallest absolute Gasteiger partial charge is 0.410 e. The van der Waals surface area contributed by atoms with Crippen LogP contribution in [0, 0.1) is 5.82 Å². The van der Waals surface area contributed by atoms with Gasteiger partial charge in [0.2, 0.25) is 0 Å². The number of hydrogen-bond acceptors (Lipinski definition) is 4. The Kier molecular flexibility index (Phi) is 5.14. The van der Waals surface area contributed by atoms with Gasteiger partial charge in [0.05, 0.1) is 11.8 Å². The van der Waals surface area contributed by atoms with Gasteiger partial charge >= 0.3 is 6.09 Å². The molecule has 1 aromatic rings. The number of ether oxygens (including phenoxy) is 1. The second-order valence-corrected chi connectivity index (χ2v) is 6.84. The summed E-state index contributed by atoms with van der Waals surface area (Å²) in [6.45, 7) is 9.18. The van der Waals surface area contributed by atoms with Crippen molar-refractivity contribution in [2.45, 2.75) is 39.4 Å². The zero-order valence-electron chi connectivity index (χ0n) is 14.2. The zero-order chi connectivity index (χ0) is 17.2. The van der Waals surface area contributed by atoms with Crippen LogP contribution in [0.3, 0.4) is 0 Å². The molecule has 1 atom stereocenters. The SMILES string of the molecule is C[C@H](O)c1ccc(N2CCN(C(=O)OC(C)(C)C)CC2)c(F)c1. The summed E-state index contributed by atoms with van der Waals surface area (Å²) in [5.74, 6) is -0.353. The van der Waals surface area contributed by atoms with E-state index in [1.54, 1.807) is 24.0 Å². The first kappa shape index (κ1) is 17.5. The lowest BCUT2D eigenvalue weighted by Gasteiger charge is -2.36. The molecule has 0 spiro atoms. The second kappa shape index (κ2) is 6.74. The second-order valence-electron chi connectivity index (χ2n) is 6.84. The quantitative estimate of drug-likeness (QED) is 0.909. The van der Waals surface area contributed by atoms with Crippen molar-refractivity contribution >= 4 is 11.8 Å². The number of halogens is 1. The number of rotatable bonds is 2. The Morgan fingerprint density at radius 3 is 2.35 bits per heavy atom. The van der Waals surface area contributed by atoms with Crippen LogP contribution in [0.15, 0.2) is 18.2 Å². The molecule has 0 aliphatic carbocycles. The van der Waals surface area contributed by atoms with Crippen molar-refractivity contribution in [2.24, 2.45) is 0 Å². The van der Waals surface area contributed by atoms with Crippen molar-refractivity contribution in [3.05, 3.63) is 29.6 Å². The van der Waals surface area contributed by atoms with E-state index in [1.807, 2.05) is 25.7 Å². The van der Waals surface area contributed by atoms with Crippen LogP contribution in [-0.4, -0.2) is 47.9 Å². The summed E-state index contributed by atoms with van der Waals surface area (Å²) in [6.07, 6.45) is -1.02. The highest BCUT2D eigenvalue weighted by Gasteiger charge is 2.26. The molecule has 0 saturated carbocycles. The maximum absolute atomic E-state index is 14.2. The molecule has 1 aliphatic rings. The first-order valence-corrected chi connectivity index (χ1v) is 7.88. The third-order valence-electron chi connectivity index (χ3n) is 3.73. The van der Waals surface area contributed by atoms with Gasteiger partial charge < -0.3 is 19.6 Å². The molecule has 1 amide bonds. The third-order valence-corrected chi connectivity index (χ3v) is 3.73. The summed E-state index contributed by atoms with van der Waals surface area (Å²) in [5, 5.41) is 9.50. The minimum Gasteiger partial charge on any atom is -0.444 e. The number of nitrogens with zero attached hydrogens (tertiary/aromatic N) is 2. The molecule has 6 heteroatoms. The molecule has 0 bridgehead atoms. The average Bonchev–Trinajstić information content (AvgIpc) is 2.45. The number of piperazine rings is 1. The minimum absolute atomic E-state index is 0.331. The van der Waals surface area contributed by atoms with Gasteiger partial charge in [-0.05, 0) is 45.4 Å². The summed E-state index contributed by atoms with van der Waals surface area (Å²) < 4.78 is 19.6. The Morgan fingerprint density at radius 1 is 1.26 bits per heavy atom. The van der Waals surface area contributed by atoms with E-state index in [0.29, 0.717) is 37.4 Å². The largest absolute Gasteiger partial charge is 0.444 e. The molecule has 2 rings (SSSR count). The molecule has 1 saturated heterocycles. The van der Waals surface area contributed by atoms with E-state index in [9.17, 15) is 14.3 Å². The van der Waals surface area contributed by atoms with Gasteiger partial charge in [0, 0.05) is 26.2 Å². The lowest BCUT2D eigenvalue weighted by Crippen LogP contribution is -2.50. The average molecular weight is 324 g/mol. The van der Waals surface area contributed by atoms with E-state index in [1.165, 1.54) is 6.07 Å². The summed E-state index contributed by atoms with van der Waals surface area (Å²) in [6, 6.07) is 4.77. The predicted octanol–water partition coefficient (Wildman–Crippen LogP) is 2.94. The van der Waals surface area contributed by atoms with E-state index >= 15 is 0 Å². The third kappa shape index (κ3) is 4.58. The molecule has 1 aliphatic heterocycles. The molecule has 1 N–H and O–H groups in total. The van der Waals surface area contributed by atoms with Crippen LogP contribution in [0.4, 0.5) is 14.9 Å². The van der Waals surface area contributed by atoms with Gasteiger partial charge in [-0.2, -0.15) is 0 Å². The van der Waals surface area contributed by atoms with Gasteiger partial charge in [0.15, 0.2) is 0 Å². The lowest BCUT2D eigenvalue weighted by atomic mass is 10.1. The van der Waals surface area contributed by atoms with E-state index < -0.39 is 11.7 Å². The fourth-order valence-electron chi connectivity index (χ4n) is 2.50. The number of hydrogen-bond donors (Lipinski definition) is 1. The Hall–Kier alpha value is -1.82. The monoisotopic (exact) mass is 324 g/mol. The Balaban J connectivity index is 1.98. The van der Waals surface area contributed by atoms with Crippen molar-refractivity contribution in [1.82, 2.24) is 4.90 Å². The van der Waals surface area contributed by atoms with Crippen LogP contribution in [-0.2, 0) is 4.74 Å². The van der Waals surface area contributed by atoms with Crippen molar-refractivity contribution in [3.8, 4) is 0 Å². The lowest BCUT2D eigenvalue weighted by molar-refractivity contribution is 0.0240. The maximum atomic E-state index is 14.2. The Labute approximate surface area is 136 Å². The van der Waals surface area contributed by atoms with Gasteiger partial charge in [-0.15, -0.1) is 0 Å². The molecule has 0 aromatic heterocycles.